The third-order valence-electron chi connectivity index (χ3n) is 2.58. The van der Waals surface area contributed by atoms with Crippen molar-refractivity contribution >= 4 is 5.91 Å². The van der Waals surface area contributed by atoms with Crippen LogP contribution in [0.2, 0.25) is 0 Å². The molecule has 1 amide bonds. The van der Waals surface area contributed by atoms with Gasteiger partial charge in [-0.15, -0.1) is 0 Å². The Morgan fingerprint density at radius 2 is 1.78 bits per heavy atom. The second kappa shape index (κ2) is 10.3. The predicted octanol–water partition coefficient (Wildman–Crippen LogP) is 1.22. The SMILES string of the molecule is CCOC(CN(CCC(C)C)C(=O)CN)OCC. The fourth-order valence-corrected chi connectivity index (χ4v) is 1.57. The lowest BCUT2D eigenvalue weighted by atomic mass is 10.1. The van der Waals surface area contributed by atoms with Crippen LogP contribution < -0.4 is 5.73 Å². The minimum Gasteiger partial charge on any atom is -0.351 e. The maximum atomic E-state index is 11.8. The fourth-order valence-electron chi connectivity index (χ4n) is 1.57. The first-order valence-electron chi connectivity index (χ1n) is 6.76. The van der Waals surface area contributed by atoms with Crippen molar-refractivity contribution in [2.45, 2.75) is 40.4 Å². The van der Waals surface area contributed by atoms with E-state index in [1.54, 1.807) is 4.90 Å². The number of ether oxygens (including phenoxy) is 2. The number of nitrogens with two attached hydrogens (primary N) is 1. The molecule has 0 aliphatic rings. The summed E-state index contributed by atoms with van der Waals surface area (Å²) >= 11 is 0. The van der Waals surface area contributed by atoms with Crippen molar-refractivity contribution in [3.63, 3.8) is 0 Å². The Bertz CT molecular complexity index is 216. The average Bonchev–Trinajstić information content (AvgIpc) is 2.33. The number of carbonyl (C=O) groups excluding carboxylic acids is 1. The van der Waals surface area contributed by atoms with Gasteiger partial charge in [-0.3, -0.25) is 4.79 Å². The maximum Gasteiger partial charge on any atom is 0.236 e. The van der Waals surface area contributed by atoms with Gasteiger partial charge in [-0.1, -0.05) is 13.8 Å². The first-order chi connectivity index (χ1) is 8.54. The van der Waals surface area contributed by atoms with Gasteiger partial charge in [0.15, 0.2) is 6.29 Å². The highest BCUT2D eigenvalue weighted by atomic mass is 16.7. The molecule has 0 radical (unpaired) electrons. The molecule has 0 bridgehead atoms. The Morgan fingerprint density at radius 3 is 2.17 bits per heavy atom. The maximum absolute atomic E-state index is 11.8. The summed E-state index contributed by atoms with van der Waals surface area (Å²) in [6.45, 7) is 10.4. The molecular weight excluding hydrogens is 232 g/mol. The Morgan fingerprint density at radius 1 is 1.22 bits per heavy atom. The molecule has 0 rings (SSSR count). The minimum absolute atomic E-state index is 0.0308. The van der Waals surface area contributed by atoms with Gasteiger partial charge in [0.05, 0.1) is 13.1 Å². The number of hydrogen-bond donors (Lipinski definition) is 1. The molecule has 0 aliphatic heterocycles. The fraction of sp³-hybridized carbons (Fsp3) is 0.923. The third kappa shape index (κ3) is 7.63. The molecule has 0 spiro atoms. The van der Waals surface area contributed by atoms with E-state index in [0.29, 0.717) is 32.2 Å². The molecule has 2 N–H and O–H groups in total. The van der Waals surface area contributed by atoms with E-state index in [-0.39, 0.29) is 18.7 Å². The molecular formula is C13H28N2O3. The van der Waals surface area contributed by atoms with E-state index in [1.807, 2.05) is 13.8 Å². The summed E-state index contributed by atoms with van der Waals surface area (Å²) in [4.78, 5) is 13.5. The predicted molar refractivity (Wildman–Crippen MR) is 72.1 cm³/mol. The number of carbonyl (C=O) groups is 1. The quantitative estimate of drug-likeness (QED) is 0.600. The van der Waals surface area contributed by atoms with Gasteiger partial charge in [0, 0.05) is 19.8 Å². The molecule has 0 atom stereocenters. The molecule has 18 heavy (non-hydrogen) atoms. The Balaban J connectivity index is 4.38. The summed E-state index contributed by atoms with van der Waals surface area (Å²) in [5.41, 5.74) is 5.43. The van der Waals surface area contributed by atoms with Crippen molar-refractivity contribution in [1.82, 2.24) is 4.90 Å². The second-order valence-electron chi connectivity index (χ2n) is 4.57. The first kappa shape index (κ1) is 17.4. The lowest BCUT2D eigenvalue weighted by Gasteiger charge is -2.27. The number of hydrogen-bond acceptors (Lipinski definition) is 4. The standard InChI is InChI=1S/C13H28N2O3/c1-5-17-13(18-6-2)10-15(12(16)9-14)8-7-11(3)4/h11,13H,5-10,14H2,1-4H3. The van der Waals surface area contributed by atoms with Crippen LogP contribution in [-0.4, -0.2) is 49.9 Å². The Hall–Kier alpha value is -0.650. The van der Waals surface area contributed by atoms with E-state index >= 15 is 0 Å². The Labute approximate surface area is 111 Å². The summed E-state index contributed by atoms with van der Waals surface area (Å²) in [6, 6.07) is 0. The molecule has 108 valence electrons. The zero-order valence-corrected chi connectivity index (χ0v) is 12.1. The highest BCUT2D eigenvalue weighted by Crippen LogP contribution is 2.06. The van der Waals surface area contributed by atoms with E-state index in [2.05, 4.69) is 13.8 Å². The van der Waals surface area contributed by atoms with Crippen LogP contribution in [0, 0.1) is 5.92 Å². The molecule has 0 unspecified atom stereocenters. The molecule has 0 aromatic rings. The van der Waals surface area contributed by atoms with Crippen molar-refractivity contribution in [3.8, 4) is 0 Å². The van der Waals surface area contributed by atoms with Crippen LogP contribution in [0.15, 0.2) is 0 Å². The molecule has 5 heteroatoms. The molecule has 0 fully saturated rings. The van der Waals surface area contributed by atoms with E-state index in [0.717, 1.165) is 6.42 Å². The number of amides is 1. The number of nitrogens with zero attached hydrogens (tertiary/aromatic N) is 1. The average molecular weight is 260 g/mol. The van der Waals surface area contributed by atoms with Crippen LogP contribution in [-0.2, 0) is 14.3 Å². The topological polar surface area (TPSA) is 64.8 Å². The van der Waals surface area contributed by atoms with Gasteiger partial charge in [-0.25, -0.2) is 0 Å². The molecule has 5 nitrogen and oxygen atoms in total. The third-order valence-corrected chi connectivity index (χ3v) is 2.58. The zero-order chi connectivity index (χ0) is 14.0. The van der Waals surface area contributed by atoms with Gasteiger partial charge < -0.3 is 20.1 Å². The Kier molecular flexibility index (Phi) is 9.92. The van der Waals surface area contributed by atoms with Gasteiger partial charge in [0.25, 0.3) is 0 Å². The molecule has 0 aromatic carbocycles. The summed E-state index contributed by atoms with van der Waals surface area (Å²) in [7, 11) is 0. The monoisotopic (exact) mass is 260 g/mol. The summed E-state index contributed by atoms with van der Waals surface area (Å²) < 4.78 is 10.9. The summed E-state index contributed by atoms with van der Waals surface area (Å²) in [5, 5.41) is 0. The zero-order valence-electron chi connectivity index (χ0n) is 12.1. The first-order valence-corrected chi connectivity index (χ1v) is 6.76. The molecule has 0 aliphatic carbocycles. The van der Waals surface area contributed by atoms with Gasteiger partial charge in [0.1, 0.15) is 0 Å². The van der Waals surface area contributed by atoms with E-state index in [9.17, 15) is 4.79 Å². The number of rotatable bonds is 10. The van der Waals surface area contributed by atoms with Crippen LogP contribution in [0.25, 0.3) is 0 Å². The molecule has 0 saturated carbocycles. The van der Waals surface area contributed by atoms with Gasteiger partial charge in [-0.2, -0.15) is 0 Å². The highest BCUT2D eigenvalue weighted by Gasteiger charge is 2.18. The van der Waals surface area contributed by atoms with Gasteiger partial charge in [-0.05, 0) is 26.2 Å². The second-order valence-corrected chi connectivity index (χ2v) is 4.57. The van der Waals surface area contributed by atoms with Gasteiger partial charge >= 0.3 is 0 Å². The molecule has 0 aromatic heterocycles. The normalized spacial score (nSPS) is 11.3. The largest absolute Gasteiger partial charge is 0.351 e. The van der Waals surface area contributed by atoms with Crippen LogP contribution in [0.5, 0.6) is 0 Å². The molecule has 0 heterocycles. The lowest BCUT2D eigenvalue weighted by Crippen LogP contribution is -2.43. The van der Waals surface area contributed by atoms with Crippen molar-refractivity contribution in [1.29, 1.82) is 0 Å². The van der Waals surface area contributed by atoms with Crippen molar-refractivity contribution in [2.75, 3.05) is 32.8 Å². The van der Waals surface area contributed by atoms with Crippen LogP contribution in [0.1, 0.15) is 34.1 Å². The van der Waals surface area contributed by atoms with E-state index < -0.39 is 0 Å². The van der Waals surface area contributed by atoms with E-state index in [4.69, 9.17) is 15.2 Å². The van der Waals surface area contributed by atoms with Crippen molar-refractivity contribution in [2.24, 2.45) is 11.7 Å². The molecule has 0 saturated heterocycles. The minimum atomic E-state index is -0.359. The van der Waals surface area contributed by atoms with E-state index in [1.165, 1.54) is 0 Å². The van der Waals surface area contributed by atoms with Gasteiger partial charge in [0.2, 0.25) is 5.91 Å². The summed E-state index contributed by atoms with van der Waals surface area (Å²) in [5.74, 6) is 0.496. The smallest absolute Gasteiger partial charge is 0.236 e. The van der Waals surface area contributed by atoms with Crippen LogP contribution >= 0.6 is 0 Å². The summed E-state index contributed by atoms with van der Waals surface area (Å²) in [6.07, 6.45) is 0.596. The van der Waals surface area contributed by atoms with Crippen molar-refractivity contribution < 1.29 is 14.3 Å². The van der Waals surface area contributed by atoms with Crippen LogP contribution in [0.4, 0.5) is 0 Å². The van der Waals surface area contributed by atoms with Crippen LogP contribution in [0.3, 0.4) is 0 Å². The highest BCUT2D eigenvalue weighted by molar-refractivity contribution is 5.78. The van der Waals surface area contributed by atoms with Crippen molar-refractivity contribution in [3.05, 3.63) is 0 Å². The lowest BCUT2D eigenvalue weighted by molar-refractivity contribution is -0.158.